The van der Waals surface area contributed by atoms with Crippen LogP contribution < -0.4 is 10.6 Å². The number of fused-ring (bicyclic) bond motifs is 1. The first-order chi connectivity index (χ1) is 15.9. The number of hydrogen-bond donors (Lipinski definition) is 2. The number of rotatable bonds is 6. The summed E-state index contributed by atoms with van der Waals surface area (Å²) in [5.41, 5.74) is 7.47. The lowest BCUT2D eigenvalue weighted by atomic mass is 10.00. The SMILES string of the molecule is CC1CCN(C(=O)N(Cc2ccc(CN)cc2)NS(=O)(=O)c2ccc3ccccc3c2)CC1. The molecule has 0 aromatic heterocycles. The molecule has 2 amide bonds. The Hall–Kier alpha value is -2.94. The first kappa shape index (κ1) is 23.2. The molecule has 1 aliphatic rings. The molecular formula is C25H30N4O3S. The van der Waals surface area contributed by atoms with Crippen molar-refractivity contribution in [2.24, 2.45) is 11.7 Å². The number of nitrogens with two attached hydrogens (primary N) is 1. The molecule has 1 aliphatic heterocycles. The summed E-state index contributed by atoms with van der Waals surface area (Å²) >= 11 is 0. The number of sulfonamides is 1. The van der Waals surface area contributed by atoms with E-state index < -0.39 is 10.0 Å². The highest BCUT2D eigenvalue weighted by Crippen LogP contribution is 2.21. The van der Waals surface area contributed by atoms with Crippen molar-refractivity contribution in [1.82, 2.24) is 14.7 Å². The predicted octanol–water partition coefficient (Wildman–Crippen LogP) is 3.85. The van der Waals surface area contributed by atoms with Gasteiger partial charge in [-0.1, -0.05) is 61.5 Å². The van der Waals surface area contributed by atoms with Crippen molar-refractivity contribution in [3.63, 3.8) is 0 Å². The molecule has 3 aromatic carbocycles. The Morgan fingerprint density at radius 2 is 1.64 bits per heavy atom. The molecule has 1 fully saturated rings. The van der Waals surface area contributed by atoms with E-state index in [0.717, 1.165) is 34.7 Å². The van der Waals surface area contributed by atoms with Crippen LogP contribution in [0.25, 0.3) is 10.8 Å². The minimum absolute atomic E-state index is 0.114. The van der Waals surface area contributed by atoms with Gasteiger partial charge in [0.1, 0.15) is 0 Å². The van der Waals surface area contributed by atoms with E-state index in [2.05, 4.69) is 11.8 Å². The number of nitrogens with one attached hydrogen (secondary N) is 1. The van der Waals surface area contributed by atoms with E-state index in [9.17, 15) is 13.2 Å². The second-order valence-electron chi connectivity index (χ2n) is 8.66. The minimum Gasteiger partial charge on any atom is -0.326 e. The average molecular weight is 467 g/mol. The Morgan fingerprint density at radius 3 is 2.30 bits per heavy atom. The van der Waals surface area contributed by atoms with Crippen molar-refractivity contribution in [3.8, 4) is 0 Å². The van der Waals surface area contributed by atoms with Gasteiger partial charge < -0.3 is 10.6 Å². The van der Waals surface area contributed by atoms with E-state index in [4.69, 9.17) is 5.73 Å². The van der Waals surface area contributed by atoms with E-state index in [1.54, 1.807) is 23.1 Å². The summed E-state index contributed by atoms with van der Waals surface area (Å²) in [5.74, 6) is 0.556. The van der Waals surface area contributed by atoms with Crippen LogP contribution in [0, 0.1) is 5.92 Å². The number of urea groups is 1. The Balaban J connectivity index is 1.61. The molecule has 0 aliphatic carbocycles. The molecule has 3 N–H and O–H groups in total. The Labute approximate surface area is 195 Å². The molecule has 7 nitrogen and oxygen atoms in total. The Kier molecular flexibility index (Phi) is 6.97. The molecule has 0 radical (unpaired) electrons. The molecule has 33 heavy (non-hydrogen) atoms. The molecule has 1 heterocycles. The van der Waals surface area contributed by atoms with Crippen molar-refractivity contribution in [1.29, 1.82) is 0 Å². The van der Waals surface area contributed by atoms with Gasteiger partial charge in [0.25, 0.3) is 10.0 Å². The van der Waals surface area contributed by atoms with Crippen LogP contribution in [0.1, 0.15) is 30.9 Å². The van der Waals surface area contributed by atoms with Crippen LogP contribution in [0.2, 0.25) is 0 Å². The summed E-state index contributed by atoms with van der Waals surface area (Å²) in [5, 5.41) is 2.98. The van der Waals surface area contributed by atoms with Crippen LogP contribution >= 0.6 is 0 Å². The molecule has 4 rings (SSSR count). The molecular weight excluding hydrogens is 436 g/mol. The fraction of sp³-hybridized carbons (Fsp3) is 0.320. The topological polar surface area (TPSA) is 95.7 Å². The lowest BCUT2D eigenvalue weighted by Gasteiger charge is -2.34. The molecule has 174 valence electrons. The zero-order valence-electron chi connectivity index (χ0n) is 18.8. The van der Waals surface area contributed by atoms with Gasteiger partial charge in [-0.15, -0.1) is 4.83 Å². The van der Waals surface area contributed by atoms with Gasteiger partial charge in [0.2, 0.25) is 0 Å². The van der Waals surface area contributed by atoms with Gasteiger partial charge in [-0.3, -0.25) is 0 Å². The normalized spacial score (nSPS) is 15.0. The maximum atomic E-state index is 13.4. The fourth-order valence-electron chi connectivity index (χ4n) is 4.01. The van der Waals surface area contributed by atoms with E-state index in [1.165, 1.54) is 5.01 Å². The summed E-state index contributed by atoms with van der Waals surface area (Å²) in [6.07, 6.45) is 1.81. The maximum absolute atomic E-state index is 13.4. The number of piperidine rings is 1. The molecule has 0 unspecified atom stereocenters. The van der Waals surface area contributed by atoms with Crippen LogP contribution in [-0.4, -0.2) is 37.4 Å². The van der Waals surface area contributed by atoms with Crippen molar-refractivity contribution < 1.29 is 13.2 Å². The summed E-state index contributed by atoms with van der Waals surface area (Å²) in [4.78, 5) is 17.7. The smallest absolute Gasteiger partial charge is 0.326 e. The predicted molar refractivity (Wildman–Crippen MR) is 130 cm³/mol. The zero-order chi connectivity index (χ0) is 23.4. The maximum Gasteiger partial charge on any atom is 0.335 e. The average Bonchev–Trinajstić information content (AvgIpc) is 2.83. The lowest BCUT2D eigenvalue weighted by Crippen LogP contribution is -2.53. The number of hydrogen-bond acceptors (Lipinski definition) is 4. The highest BCUT2D eigenvalue weighted by Gasteiger charge is 2.28. The van der Waals surface area contributed by atoms with E-state index >= 15 is 0 Å². The van der Waals surface area contributed by atoms with Gasteiger partial charge in [-0.05, 0) is 52.8 Å². The van der Waals surface area contributed by atoms with Crippen LogP contribution in [0.4, 0.5) is 4.79 Å². The first-order valence-corrected chi connectivity index (χ1v) is 12.7. The number of hydrazine groups is 1. The van der Waals surface area contributed by atoms with Crippen molar-refractivity contribution >= 4 is 26.8 Å². The quantitative estimate of drug-likeness (QED) is 0.540. The Bertz CT molecular complexity index is 1220. The second kappa shape index (κ2) is 9.91. The number of likely N-dealkylation sites (tertiary alicyclic amines) is 1. The van der Waals surface area contributed by atoms with Crippen molar-refractivity contribution in [2.75, 3.05) is 13.1 Å². The molecule has 3 aromatic rings. The number of benzene rings is 3. The van der Waals surface area contributed by atoms with Crippen LogP contribution in [-0.2, 0) is 23.1 Å². The van der Waals surface area contributed by atoms with Crippen LogP contribution in [0.5, 0.6) is 0 Å². The highest BCUT2D eigenvalue weighted by molar-refractivity contribution is 7.89. The number of nitrogens with zero attached hydrogens (tertiary/aromatic N) is 2. The third kappa shape index (κ3) is 5.52. The molecule has 0 spiro atoms. The lowest BCUT2D eigenvalue weighted by molar-refractivity contribution is 0.124. The molecule has 8 heteroatoms. The van der Waals surface area contributed by atoms with E-state index in [0.29, 0.717) is 25.6 Å². The Morgan fingerprint density at radius 1 is 1.00 bits per heavy atom. The van der Waals surface area contributed by atoms with Crippen molar-refractivity contribution in [3.05, 3.63) is 77.9 Å². The highest BCUT2D eigenvalue weighted by atomic mass is 32.2. The molecule has 0 atom stereocenters. The third-order valence-electron chi connectivity index (χ3n) is 6.15. The second-order valence-corrected chi connectivity index (χ2v) is 10.3. The van der Waals surface area contributed by atoms with Crippen molar-refractivity contribution in [2.45, 2.75) is 37.8 Å². The first-order valence-electron chi connectivity index (χ1n) is 11.2. The minimum atomic E-state index is -3.97. The monoisotopic (exact) mass is 466 g/mol. The van der Waals surface area contributed by atoms with E-state index in [-0.39, 0.29) is 17.5 Å². The molecule has 1 saturated heterocycles. The third-order valence-corrected chi connectivity index (χ3v) is 7.48. The van der Waals surface area contributed by atoms with Gasteiger partial charge in [-0.2, -0.15) is 0 Å². The largest absolute Gasteiger partial charge is 0.335 e. The van der Waals surface area contributed by atoms with Crippen LogP contribution in [0.15, 0.2) is 71.6 Å². The zero-order valence-corrected chi connectivity index (χ0v) is 19.6. The van der Waals surface area contributed by atoms with Gasteiger partial charge in [0.05, 0.1) is 11.4 Å². The van der Waals surface area contributed by atoms with Gasteiger partial charge in [0, 0.05) is 19.6 Å². The fourth-order valence-corrected chi connectivity index (χ4v) is 5.07. The summed E-state index contributed by atoms with van der Waals surface area (Å²) < 4.78 is 26.6. The van der Waals surface area contributed by atoms with Gasteiger partial charge in [-0.25, -0.2) is 18.2 Å². The number of carbonyl (C=O) groups excluding carboxylic acids is 1. The molecule has 0 bridgehead atoms. The van der Waals surface area contributed by atoms with Gasteiger partial charge >= 0.3 is 6.03 Å². The molecule has 0 saturated carbocycles. The van der Waals surface area contributed by atoms with Gasteiger partial charge in [0.15, 0.2) is 0 Å². The summed E-state index contributed by atoms with van der Waals surface area (Å²) in [6.45, 7) is 3.92. The van der Waals surface area contributed by atoms with E-state index in [1.807, 2.05) is 48.5 Å². The number of carbonyl (C=O) groups is 1. The van der Waals surface area contributed by atoms with Crippen LogP contribution in [0.3, 0.4) is 0 Å². The standard InChI is InChI=1S/C25H30N4O3S/c1-19-12-14-28(15-13-19)25(30)29(18-21-8-6-20(17-26)7-9-21)27-33(31,32)24-11-10-22-4-2-3-5-23(22)16-24/h2-11,16,19,27H,12-15,17-18,26H2,1H3. The number of amides is 2. The summed E-state index contributed by atoms with van der Waals surface area (Å²) in [6, 6.07) is 19.7. The summed E-state index contributed by atoms with van der Waals surface area (Å²) in [7, 11) is -3.97.